The largest absolute Gasteiger partial charge is 0.478 e. The van der Waals surface area contributed by atoms with Crippen LogP contribution in [0.3, 0.4) is 0 Å². The molecule has 0 fully saturated rings. The van der Waals surface area contributed by atoms with Gasteiger partial charge in [0.05, 0.1) is 21.7 Å². The van der Waals surface area contributed by atoms with Crippen LogP contribution in [0.5, 0.6) is 17.2 Å². The normalized spacial score (nSPS) is 16.1. The highest BCUT2D eigenvalue weighted by Crippen LogP contribution is 2.44. The van der Waals surface area contributed by atoms with E-state index >= 15 is 0 Å². The minimum atomic E-state index is -5.02. The molecule has 2 aromatic carbocycles. The van der Waals surface area contributed by atoms with E-state index in [4.69, 9.17) is 26.2 Å². The maximum absolute atomic E-state index is 13.3. The van der Waals surface area contributed by atoms with E-state index in [1.54, 1.807) is 0 Å². The number of alkyl halides is 6. The van der Waals surface area contributed by atoms with Gasteiger partial charge in [0.2, 0.25) is 6.10 Å². The lowest BCUT2D eigenvalue weighted by atomic mass is 10.0. The van der Waals surface area contributed by atoms with Crippen molar-refractivity contribution in [3.8, 4) is 17.2 Å². The van der Waals surface area contributed by atoms with Gasteiger partial charge in [-0.1, -0.05) is 17.7 Å². The van der Waals surface area contributed by atoms with E-state index in [2.05, 4.69) is 4.98 Å². The van der Waals surface area contributed by atoms with Crippen molar-refractivity contribution in [3.05, 3.63) is 64.3 Å². The summed E-state index contributed by atoms with van der Waals surface area (Å²) in [4.78, 5) is 15.0. The number of hydrogen-bond acceptors (Lipinski definition) is 4. The van der Waals surface area contributed by atoms with Gasteiger partial charge in [0.1, 0.15) is 17.2 Å². The van der Waals surface area contributed by atoms with Crippen LogP contribution < -0.4 is 9.47 Å². The second-order valence-corrected chi connectivity index (χ2v) is 7.28. The number of hydrogen-bond donors (Lipinski definition) is 1. The van der Waals surface area contributed by atoms with E-state index in [1.165, 1.54) is 12.1 Å². The third-order valence-electron chi connectivity index (χ3n) is 4.70. The Morgan fingerprint density at radius 2 is 1.82 bits per heavy atom. The van der Waals surface area contributed by atoms with Gasteiger partial charge in [-0.3, -0.25) is 4.98 Å². The molecule has 0 aliphatic carbocycles. The Bertz CT molecular complexity index is 1300. The molecule has 3 aromatic rings. The topological polar surface area (TPSA) is 68.7 Å². The van der Waals surface area contributed by atoms with Crippen LogP contribution >= 0.6 is 11.6 Å². The molecule has 0 saturated heterocycles. The van der Waals surface area contributed by atoms with Gasteiger partial charge >= 0.3 is 18.3 Å². The van der Waals surface area contributed by atoms with Crippen molar-refractivity contribution in [2.75, 3.05) is 0 Å². The number of benzene rings is 2. The molecule has 1 aliphatic heterocycles. The maximum atomic E-state index is 13.3. The lowest BCUT2D eigenvalue weighted by Crippen LogP contribution is -2.40. The fraction of sp³-hybridized carbons (Fsp3) is 0.143. The molecule has 1 aromatic heterocycles. The van der Waals surface area contributed by atoms with E-state index in [9.17, 15) is 31.1 Å². The molecule has 33 heavy (non-hydrogen) atoms. The molecule has 0 amide bonds. The van der Waals surface area contributed by atoms with Crippen molar-refractivity contribution in [2.45, 2.75) is 18.5 Å². The molecular formula is C21H10ClF6NO4. The zero-order valence-corrected chi connectivity index (χ0v) is 16.7. The Morgan fingerprint density at radius 1 is 1.09 bits per heavy atom. The predicted octanol–water partition coefficient (Wildman–Crippen LogP) is 6.49. The number of ether oxygens (including phenoxy) is 2. The standard InChI is InChI=1S/C21H10ClF6NO4/c22-13-7-9-6-11(19(30)31)18(21(26,27)28)33-15(9)8-16(13)32-14-4-5-29-17-10(14)2-1-3-12(17)20(23,24)25/h1-8,18H,(H,30,31). The molecule has 0 bridgehead atoms. The summed E-state index contributed by atoms with van der Waals surface area (Å²) in [6.07, 6.45) is -10.6. The summed E-state index contributed by atoms with van der Waals surface area (Å²) in [5.41, 5.74) is -2.45. The Kier molecular flexibility index (Phi) is 5.39. The van der Waals surface area contributed by atoms with Crippen LogP contribution in [0.15, 0.2) is 48.2 Å². The molecule has 4 rings (SSSR count). The van der Waals surface area contributed by atoms with Crippen molar-refractivity contribution in [1.82, 2.24) is 4.98 Å². The number of carboxylic acid groups (broad SMARTS) is 1. The van der Waals surface area contributed by atoms with Crippen molar-refractivity contribution >= 4 is 34.5 Å². The highest BCUT2D eigenvalue weighted by Gasteiger charge is 2.48. The van der Waals surface area contributed by atoms with Gasteiger partial charge in [0.25, 0.3) is 0 Å². The molecule has 172 valence electrons. The average molecular weight is 490 g/mol. The van der Waals surface area contributed by atoms with Crippen molar-refractivity contribution in [2.24, 2.45) is 0 Å². The van der Waals surface area contributed by atoms with Crippen LogP contribution in [0.25, 0.3) is 17.0 Å². The van der Waals surface area contributed by atoms with Crippen LogP contribution in [-0.4, -0.2) is 28.3 Å². The SMILES string of the molecule is O=C(O)C1=Cc2cc(Cl)c(Oc3ccnc4c(C(F)(F)F)cccc34)cc2OC1C(F)(F)F. The molecule has 1 unspecified atom stereocenters. The van der Waals surface area contributed by atoms with Gasteiger partial charge in [0, 0.05) is 23.2 Å². The summed E-state index contributed by atoms with van der Waals surface area (Å²) < 4.78 is 90.3. The number of pyridine rings is 1. The molecule has 1 atom stereocenters. The third kappa shape index (κ3) is 4.28. The average Bonchev–Trinajstić information content (AvgIpc) is 2.71. The van der Waals surface area contributed by atoms with Crippen LogP contribution in [0, 0.1) is 0 Å². The fourth-order valence-corrected chi connectivity index (χ4v) is 3.49. The number of para-hydroxylation sites is 1. The number of carbonyl (C=O) groups is 1. The number of halogens is 7. The maximum Gasteiger partial charge on any atom is 0.430 e. The Hall–Kier alpha value is -3.47. The minimum Gasteiger partial charge on any atom is -0.478 e. The highest BCUT2D eigenvalue weighted by molar-refractivity contribution is 6.32. The molecule has 1 N–H and O–H groups in total. The first-order valence-electron chi connectivity index (χ1n) is 9.01. The van der Waals surface area contributed by atoms with Gasteiger partial charge in [-0.05, 0) is 30.3 Å². The minimum absolute atomic E-state index is 0.0109. The zero-order chi connectivity index (χ0) is 24.1. The number of fused-ring (bicyclic) bond motifs is 2. The quantitative estimate of drug-likeness (QED) is 0.426. The van der Waals surface area contributed by atoms with Gasteiger partial charge in [-0.15, -0.1) is 0 Å². The molecule has 0 saturated carbocycles. The van der Waals surface area contributed by atoms with Crippen LogP contribution in [0.1, 0.15) is 11.1 Å². The Labute approximate surface area is 185 Å². The molecule has 2 heterocycles. The summed E-state index contributed by atoms with van der Waals surface area (Å²) in [5, 5.41) is 8.96. The first-order valence-corrected chi connectivity index (χ1v) is 9.38. The summed E-state index contributed by atoms with van der Waals surface area (Å²) in [6, 6.07) is 6.74. The molecule has 1 aliphatic rings. The fourth-order valence-electron chi connectivity index (χ4n) is 3.28. The van der Waals surface area contributed by atoms with E-state index < -0.39 is 35.6 Å². The summed E-state index contributed by atoms with van der Waals surface area (Å²) >= 11 is 6.14. The molecule has 5 nitrogen and oxygen atoms in total. The number of nitrogens with zero attached hydrogens (tertiary/aromatic N) is 1. The number of carboxylic acids is 1. The Balaban J connectivity index is 1.78. The number of aliphatic carboxylic acids is 1. The van der Waals surface area contributed by atoms with E-state index in [-0.39, 0.29) is 38.7 Å². The van der Waals surface area contributed by atoms with Gasteiger partial charge < -0.3 is 14.6 Å². The van der Waals surface area contributed by atoms with Gasteiger partial charge in [0.15, 0.2) is 0 Å². The van der Waals surface area contributed by atoms with Crippen LogP contribution in [-0.2, 0) is 11.0 Å². The van der Waals surface area contributed by atoms with Gasteiger partial charge in [-0.2, -0.15) is 26.3 Å². The molecule has 12 heteroatoms. The lowest BCUT2D eigenvalue weighted by Gasteiger charge is -2.27. The Morgan fingerprint density at radius 3 is 2.45 bits per heavy atom. The van der Waals surface area contributed by atoms with E-state index in [0.29, 0.717) is 0 Å². The van der Waals surface area contributed by atoms with Crippen molar-refractivity contribution in [3.63, 3.8) is 0 Å². The monoisotopic (exact) mass is 489 g/mol. The van der Waals surface area contributed by atoms with Crippen molar-refractivity contribution in [1.29, 1.82) is 0 Å². The number of rotatable bonds is 3. The molecule has 0 radical (unpaired) electrons. The second-order valence-electron chi connectivity index (χ2n) is 6.88. The molecule has 0 spiro atoms. The highest BCUT2D eigenvalue weighted by atomic mass is 35.5. The van der Waals surface area contributed by atoms with E-state index in [1.807, 2.05) is 0 Å². The predicted molar refractivity (Wildman–Crippen MR) is 104 cm³/mol. The lowest BCUT2D eigenvalue weighted by molar-refractivity contribution is -0.187. The van der Waals surface area contributed by atoms with Gasteiger partial charge in [-0.25, -0.2) is 4.79 Å². The van der Waals surface area contributed by atoms with Crippen LogP contribution in [0.4, 0.5) is 26.3 Å². The summed E-state index contributed by atoms with van der Waals surface area (Å²) in [5.74, 6) is -2.48. The third-order valence-corrected chi connectivity index (χ3v) is 5.00. The zero-order valence-electron chi connectivity index (χ0n) is 16.0. The first-order chi connectivity index (χ1) is 15.4. The smallest absolute Gasteiger partial charge is 0.430 e. The summed E-state index contributed by atoms with van der Waals surface area (Å²) in [7, 11) is 0. The number of aromatic nitrogens is 1. The van der Waals surface area contributed by atoms with E-state index in [0.717, 1.165) is 36.5 Å². The van der Waals surface area contributed by atoms with Crippen molar-refractivity contribution < 1.29 is 45.7 Å². The first kappa shape index (κ1) is 22.7. The second kappa shape index (κ2) is 7.84. The molecular weight excluding hydrogens is 480 g/mol. The summed E-state index contributed by atoms with van der Waals surface area (Å²) in [6.45, 7) is 0. The van der Waals surface area contributed by atoms with Crippen LogP contribution in [0.2, 0.25) is 5.02 Å².